The lowest BCUT2D eigenvalue weighted by atomic mass is 10.1. The zero-order valence-electron chi connectivity index (χ0n) is 17.3. The average molecular weight is 411 g/mol. The summed E-state index contributed by atoms with van der Waals surface area (Å²) >= 11 is 0. The first kappa shape index (κ1) is 23.8. The number of hydrogen-bond donors (Lipinski definition) is 0. The van der Waals surface area contributed by atoms with Gasteiger partial charge in [-0.15, -0.1) is 0 Å². The molecule has 0 unspecified atom stereocenters. The molecule has 8 heteroatoms. The van der Waals surface area contributed by atoms with Gasteiger partial charge in [0, 0.05) is 26.2 Å². The molecule has 0 fully saturated rings. The van der Waals surface area contributed by atoms with E-state index < -0.39 is 22.6 Å². The topological polar surface area (TPSA) is 84.0 Å². The van der Waals surface area contributed by atoms with Gasteiger partial charge in [0.05, 0.1) is 10.5 Å². The van der Waals surface area contributed by atoms with Gasteiger partial charge in [-0.25, -0.2) is 13.2 Å². The van der Waals surface area contributed by atoms with E-state index in [9.17, 15) is 18.0 Å². The van der Waals surface area contributed by atoms with E-state index in [-0.39, 0.29) is 16.4 Å². The highest BCUT2D eigenvalue weighted by atomic mass is 32.2. The second-order valence-corrected chi connectivity index (χ2v) is 8.45. The van der Waals surface area contributed by atoms with Crippen LogP contribution in [-0.2, 0) is 19.6 Å². The Balaban J connectivity index is 3.00. The fourth-order valence-corrected chi connectivity index (χ4v) is 4.18. The third-order valence-electron chi connectivity index (χ3n) is 4.29. The van der Waals surface area contributed by atoms with Crippen LogP contribution < -0.4 is 0 Å². The van der Waals surface area contributed by atoms with Gasteiger partial charge in [0.2, 0.25) is 10.0 Å². The Bertz CT molecular complexity index is 829. The van der Waals surface area contributed by atoms with E-state index in [1.54, 1.807) is 26.8 Å². The largest absolute Gasteiger partial charge is 0.452 e. The van der Waals surface area contributed by atoms with Crippen LogP contribution in [0.2, 0.25) is 0 Å². The zero-order valence-corrected chi connectivity index (χ0v) is 18.1. The highest BCUT2D eigenvalue weighted by molar-refractivity contribution is 7.89. The number of aryl methyl sites for hydroxylation is 1. The Kier molecular flexibility index (Phi) is 8.84. The SMILES string of the molecule is C=C(C)CN(CC)C(=O)COC(=O)c1cc(S(=O)(=O)N(CC)CC)ccc1C. The molecule has 1 amide bonds. The van der Waals surface area contributed by atoms with Crippen LogP contribution in [0, 0.1) is 6.92 Å². The zero-order chi connectivity index (χ0) is 21.5. The summed E-state index contributed by atoms with van der Waals surface area (Å²) in [7, 11) is -3.70. The molecular weight excluding hydrogens is 380 g/mol. The quantitative estimate of drug-likeness (QED) is 0.437. The van der Waals surface area contributed by atoms with Crippen molar-refractivity contribution in [2.45, 2.75) is 39.5 Å². The van der Waals surface area contributed by atoms with Gasteiger partial charge in [-0.05, 0) is 38.5 Å². The lowest BCUT2D eigenvalue weighted by Gasteiger charge is -2.21. The van der Waals surface area contributed by atoms with Crippen LogP contribution in [0.25, 0.3) is 0 Å². The molecule has 0 atom stereocenters. The monoisotopic (exact) mass is 410 g/mol. The van der Waals surface area contributed by atoms with E-state index in [1.165, 1.54) is 21.3 Å². The number of likely N-dealkylation sites (N-methyl/N-ethyl adjacent to an activating group) is 1. The third-order valence-corrected chi connectivity index (χ3v) is 6.34. The van der Waals surface area contributed by atoms with Gasteiger partial charge in [-0.3, -0.25) is 4.79 Å². The van der Waals surface area contributed by atoms with E-state index in [1.807, 2.05) is 13.8 Å². The molecule has 0 aromatic heterocycles. The maximum Gasteiger partial charge on any atom is 0.338 e. The number of hydrogen-bond acceptors (Lipinski definition) is 5. The molecule has 0 aliphatic carbocycles. The molecule has 0 aliphatic rings. The first-order valence-electron chi connectivity index (χ1n) is 9.28. The van der Waals surface area contributed by atoms with Crippen LogP contribution in [0.15, 0.2) is 35.2 Å². The summed E-state index contributed by atoms with van der Waals surface area (Å²) in [6.07, 6.45) is 0. The molecule has 0 saturated carbocycles. The number of sulfonamides is 1. The van der Waals surface area contributed by atoms with Crippen LogP contribution in [0.1, 0.15) is 43.6 Å². The standard InChI is InChI=1S/C20H30N2O5S/c1-7-21(13-15(4)5)19(23)14-27-20(24)18-12-17(11-10-16(18)6)28(25,26)22(8-2)9-3/h10-12H,4,7-9,13-14H2,1-3,5-6H3. The Morgan fingerprint density at radius 3 is 2.21 bits per heavy atom. The van der Waals surface area contributed by atoms with Crippen molar-refractivity contribution in [3.63, 3.8) is 0 Å². The maximum atomic E-state index is 12.7. The van der Waals surface area contributed by atoms with Crippen molar-refractivity contribution >= 4 is 21.9 Å². The minimum absolute atomic E-state index is 0.0255. The molecule has 28 heavy (non-hydrogen) atoms. The van der Waals surface area contributed by atoms with Crippen molar-refractivity contribution in [3.05, 3.63) is 41.5 Å². The van der Waals surface area contributed by atoms with E-state index in [2.05, 4.69) is 6.58 Å². The fourth-order valence-electron chi connectivity index (χ4n) is 2.69. The summed E-state index contributed by atoms with van der Waals surface area (Å²) in [6, 6.07) is 4.34. The summed E-state index contributed by atoms with van der Waals surface area (Å²) in [6.45, 7) is 13.7. The predicted octanol–water partition coefficient (Wildman–Crippen LogP) is 2.61. The molecule has 0 N–H and O–H groups in total. The predicted molar refractivity (Wildman–Crippen MR) is 109 cm³/mol. The number of nitrogens with zero attached hydrogens (tertiary/aromatic N) is 2. The summed E-state index contributed by atoms with van der Waals surface area (Å²) < 4.78 is 31.8. The van der Waals surface area contributed by atoms with Crippen LogP contribution in [0.3, 0.4) is 0 Å². The number of ether oxygens (including phenoxy) is 1. The van der Waals surface area contributed by atoms with Gasteiger partial charge in [0.15, 0.2) is 6.61 Å². The van der Waals surface area contributed by atoms with Crippen LogP contribution in [-0.4, -0.2) is 62.3 Å². The molecular formula is C20H30N2O5S. The number of rotatable bonds is 10. The average Bonchev–Trinajstić information content (AvgIpc) is 2.64. The number of carbonyl (C=O) groups is 2. The van der Waals surface area contributed by atoms with Crippen molar-refractivity contribution < 1.29 is 22.7 Å². The summed E-state index contributed by atoms with van der Waals surface area (Å²) in [4.78, 5) is 26.3. The van der Waals surface area contributed by atoms with Gasteiger partial charge in [-0.1, -0.05) is 32.1 Å². The number of benzene rings is 1. The molecule has 0 radical (unpaired) electrons. The van der Waals surface area contributed by atoms with E-state index in [4.69, 9.17) is 4.74 Å². The van der Waals surface area contributed by atoms with Crippen molar-refractivity contribution in [2.24, 2.45) is 0 Å². The van der Waals surface area contributed by atoms with Crippen molar-refractivity contribution in [1.29, 1.82) is 0 Å². The van der Waals surface area contributed by atoms with Crippen molar-refractivity contribution in [3.8, 4) is 0 Å². The van der Waals surface area contributed by atoms with Gasteiger partial charge in [-0.2, -0.15) is 4.31 Å². The summed E-state index contributed by atoms with van der Waals surface area (Å²) in [5, 5.41) is 0. The second-order valence-electron chi connectivity index (χ2n) is 6.51. The van der Waals surface area contributed by atoms with Gasteiger partial charge >= 0.3 is 5.97 Å². The van der Waals surface area contributed by atoms with Gasteiger partial charge in [0.1, 0.15) is 0 Å². The van der Waals surface area contributed by atoms with Crippen molar-refractivity contribution in [1.82, 2.24) is 9.21 Å². The smallest absolute Gasteiger partial charge is 0.338 e. The van der Waals surface area contributed by atoms with Crippen LogP contribution in [0.5, 0.6) is 0 Å². The van der Waals surface area contributed by atoms with Gasteiger partial charge in [0.25, 0.3) is 5.91 Å². The lowest BCUT2D eigenvalue weighted by Crippen LogP contribution is -2.35. The Morgan fingerprint density at radius 1 is 1.11 bits per heavy atom. The Morgan fingerprint density at radius 2 is 1.71 bits per heavy atom. The van der Waals surface area contributed by atoms with E-state index in [0.29, 0.717) is 31.7 Å². The minimum Gasteiger partial charge on any atom is -0.452 e. The number of esters is 1. The fraction of sp³-hybridized carbons (Fsp3) is 0.500. The van der Waals surface area contributed by atoms with Crippen LogP contribution >= 0.6 is 0 Å². The van der Waals surface area contributed by atoms with E-state index >= 15 is 0 Å². The highest BCUT2D eigenvalue weighted by Gasteiger charge is 2.24. The summed E-state index contributed by atoms with van der Waals surface area (Å²) in [5.74, 6) is -1.06. The maximum absolute atomic E-state index is 12.7. The van der Waals surface area contributed by atoms with Crippen molar-refractivity contribution in [2.75, 3.05) is 32.8 Å². The Labute approximate surface area is 168 Å². The minimum atomic E-state index is -3.70. The molecule has 0 spiro atoms. The Hall–Kier alpha value is -2.19. The summed E-state index contributed by atoms with van der Waals surface area (Å²) in [5.41, 5.74) is 1.53. The number of amides is 1. The number of carbonyl (C=O) groups excluding carboxylic acids is 2. The molecule has 156 valence electrons. The molecule has 1 rings (SSSR count). The van der Waals surface area contributed by atoms with E-state index in [0.717, 1.165) is 5.57 Å². The third kappa shape index (κ3) is 5.90. The molecule has 0 bridgehead atoms. The first-order valence-corrected chi connectivity index (χ1v) is 10.7. The molecule has 1 aromatic rings. The molecule has 0 heterocycles. The van der Waals surface area contributed by atoms with Gasteiger partial charge < -0.3 is 9.64 Å². The lowest BCUT2D eigenvalue weighted by molar-refractivity contribution is -0.133. The molecule has 0 saturated heterocycles. The molecule has 0 aliphatic heterocycles. The molecule has 1 aromatic carbocycles. The first-order chi connectivity index (χ1) is 13.1. The normalized spacial score (nSPS) is 11.4. The molecule has 7 nitrogen and oxygen atoms in total. The van der Waals surface area contributed by atoms with Crippen LogP contribution in [0.4, 0.5) is 0 Å². The second kappa shape index (κ2) is 10.4. The highest BCUT2D eigenvalue weighted by Crippen LogP contribution is 2.20.